The standard InChI is InChI=1S/C6H11N3O2/c1-10-3-2-5-8-6(4-7)11-9-5/h2-4,7H2,1H3. The third-order valence-corrected chi connectivity index (χ3v) is 1.21. The van der Waals surface area contributed by atoms with Gasteiger partial charge in [0, 0.05) is 13.5 Å². The lowest BCUT2D eigenvalue weighted by molar-refractivity contribution is 0.199. The lowest BCUT2D eigenvalue weighted by atomic mass is 10.4. The van der Waals surface area contributed by atoms with Crippen molar-refractivity contribution in [3.63, 3.8) is 0 Å². The van der Waals surface area contributed by atoms with Gasteiger partial charge >= 0.3 is 0 Å². The zero-order chi connectivity index (χ0) is 8.10. The van der Waals surface area contributed by atoms with Crippen LogP contribution in [0.25, 0.3) is 0 Å². The van der Waals surface area contributed by atoms with E-state index in [1.54, 1.807) is 7.11 Å². The van der Waals surface area contributed by atoms with Crippen LogP contribution in [0.15, 0.2) is 4.52 Å². The first-order chi connectivity index (χ1) is 5.36. The van der Waals surface area contributed by atoms with Crippen LogP contribution >= 0.6 is 0 Å². The highest BCUT2D eigenvalue weighted by atomic mass is 16.5. The summed E-state index contributed by atoms with van der Waals surface area (Å²) in [5, 5.41) is 3.68. The summed E-state index contributed by atoms with van der Waals surface area (Å²) in [5.41, 5.74) is 5.26. The highest BCUT2D eigenvalue weighted by Crippen LogP contribution is 1.96. The molecule has 1 rings (SSSR count). The van der Waals surface area contributed by atoms with Crippen molar-refractivity contribution in [2.45, 2.75) is 13.0 Å². The molecule has 0 saturated heterocycles. The van der Waals surface area contributed by atoms with E-state index in [4.69, 9.17) is 15.0 Å². The van der Waals surface area contributed by atoms with E-state index in [0.717, 1.165) is 0 Å². The van der Waals surface area contributed by atoms with Gasteiger partial charge in [-0.1, -0.05) is 5.16 Å². The summed E-state index contributed by atoms with van der Waals surface area (Å²) in [4.78, 5) is 3.98. The van der Waals surface area contributed by atoms with E-state index >= 15 is 0 Å². The van der Waals surface area contributed by atoms with Crippen molar-refractivity contribution in [2.75, 3.05) is 13.7 Å². The second kappa shape index (κ2) is 4.05. The van der Waals surface area contributed by atoms with Crippen LogP contribution in [0, 0.1) is 0 Å². The highest BCUT2D eigenvalue weighted by Gasteiger charge is 2.02. The van der Waals surface area contributed by atoms with Gasteiger partial charge in [-0.3, -0.25) is 0 Å². The van der Waals surface area contributed by atoms with Gasteiger partial charge in [0.25, 0.3) is 0 Å². The molecule has 0 atom stereocenters. The van der Waals surface area contributed by atoms with Gasteiger partial charge in [-0.2, -0.15) is 4.98 Å². The van der Waals surface area contributed by atoms with E-state index in [1.165, 1.54) is 0 Å². The van der Waals surface area contributed by atoms with Crippen LogP contribution in [-0.4, -0.2) is 23.9 Å². The fourth-order valence-corrected chi connectivity index (χ4v) is 0.668. The molecule has 5 heteroatoms. The second-order valence-electron chi connectivity index (χ2n) is 2.05. The first-order valence-electron chi connectivity index (χ1n) is 3.37. The Balaban J connectivity index is 2.44. The van der Waals surface area contributed by atoms with Crippen molar-refractivity contribution < 1.29 is 9.26 Å². The Morgan fingerprint density at radius 3 is 3.00 bits per heavy atom. The van der Waals surface area contributed by atoms with Crippen LogP contribution in [0.5, 0.6) is 0 Å². The molecule has 0 aromatic carbocycles. The third kappa shape index (κ3) is 2.28. The number of rotatable bonds is 4. The summed E-state index contributed by atoms with van der Waals surface area (Å²) in [5.74, 6) is 1.11. The quantitative estimate of drug-likeness (QED) is 0.650. The van der Waals surface area contributed by atoms with Crippen LogP contribution in [-0.2, 0) is 17.7 Å². The van der Waals surface area contributed by atoms with E-state index in [2.05, 4.69) is 10.1 Å². The van der Waals surface area contributed by atoms with Gasteiger partial charge < -0.3 is 15.0 Å². The van der Waals surface area contributed by atoms with Crippen LogP contribution in [0.1, 0.15) is 11.7 Å². The minimum Gasteiger partial charge on any atom is -0.384 e. The predicted octanol–water partition coefficient (Wildman–Crippen LogP) is -0.283. The van der Waals surface area contributed by atoms with Crippen molar-refractivity contribution in [3.8, 4) is 0 Å². The summed E-state index contributed by atoms with van der Waals surface area (Å²) in [7, 11) is 1.63. The predicted molar refractivity (Wildman–Crippen MR) is 37.8 cm³/mol. The van der Waals surface area contributed by atoms with Gasteiger partial charge in [0.15, 0.2) is 5.82 Å². The number of aromatic nitrogens is 2. The molecular formula is C6H11N3O2. The van der Waals surface area contributed by atoms with Crippen molar-refractivity contribution in [1.29, 1.82) is 0 Å². The van der Waals surface area contributed by atoms with E-state index < -0.39 is 0 Å². The van der Waals surface area contributed by atoms with Crippen LogP contribution in [0.4, 0.5) is 0 Å². The zero-order valence-electron chi connectivity index (χ0n) is 6.41. The number of hydrogen-bond acceptors (Lipinski definition) is 5. The minimum absolute atomic E-state index is 0.292. The first kappa shape index (κ1) is 8.16. The Bertz CT molecular complexity index is 211. The number of nitrogens with zero attached hydrogens (tertiary/aromatic N) is 2. The van der Waals surface area contributed by atoms with Crippen molar-refractivity contribution in [2.24, 2.45) is 5.73 Å². The molecule has 5 nitrogen and oxygen atoms in total. The van der Waals surface area contributed by atoms with Gasteiger partial charge in [0.05, 0.1) is 13.2 Å². The maximum atomic E-state index is 5.26. The van der Waals surface area contributed by atoms with Gasteiger partial charge in [-0.15, -0.1) is 0 Å². The smallest absolute Gasteiger partial charge is 0.240 e. The van der Waals surface area contributed by atoms with Crippen LogP contribution < -0.4 is 5.73 Å². The maximum absolute atomic E-state index is 5.26. The molecule has 0 spiro atoms. The summed E-state index contributed by atoms with van der Waals surface area (Å²) >= 11 is 0. The molecule has 0 aliphatic heterocycles. The summed E-state index contributed by atoms with van der Waals surface area (Å²) in [6.45, 7) is 0.892. The highest BCUT2D eigenvalue weighted by molar-refractivity contribution is 4.85. The molecule has 0 unspecified atom stereocenters. The molecule has 62 valence electrons. The van der Waals surface area contributed by atoms with Crippen molar-refractivity contribution in [1.82, 2.24) is 10.1 Å². The lowest BCUT2D eigenvalue weighted by Crippen LogP contribution is -1.98. The average molecular weight is 157 g/mol. The third-order valence-electron chi connectivity index (χ3n) is 1.21. The maximum Gasteiger partial charge on any atom is 0.240 e. The molecule has 0 amide bonds. The largest absolute Gasteiger partial charge is 0.384 e. The topological polar surface area (TPSA) is 74.2 Å². The van der Waals surface area contributed by atoms with E-state index in [9.17, 15) is 0 Å². The normalized spacial score (nSPS) is 10.4. The summed E-state index contributed by atoms with van der Waals surface area (Å²) < 4.78 is 9.60. The van der Waals surface area contributed by atoms with E-state index in [1.807, 2.05) is 0 Å². The van der Waals surface area contributed by atoms with Gasteiger partial charge in [0.2, 0.25) is 5.89 Å². The number of nitrogens with two attached hydrogens (primary N) is 1. The fourth-order valence-electron chi connectivity index (χ4n) is 0.668. The van der Waals surface area contributed by atoms with Crippen molar-refractivity contribution in [3.05, 3.63) is 11.7 Å². The Hall–Kier alpha value is -0.940. The zero-order valence-corrected chi connectivity index (χ0v) is 6.41. The van der Waals surface area contributed by atoms with Gasteiger partial charge in [-0.25, -0.2) is 0 Å². The molecular weight excluding hydrogens is 146 g/mol. The van der Waals surface area contributed by atoms with Gasteiger partial charge in [-0.05, 0) is 0 Å². The van der Waals surface area contributed by atoms with Gasteiger partial charge in [0.1, 0.15) is 0 Å². The molecule has 0 aliphatic carbocycles. The summed E-state index contributed by atoms with van der Waals surface area (Å²) in [6, 6.07) is 0. The number of hydrogen-bond donors (Lipinski definition) is 1. The molecule has 2 N–H and O–H groups in total. The second-order valence-corrected chi connectivity index (χ2v) is 2.05. The molecule has 0 bridgehead atoms. The molecule has 0 aliphatic rings. The molecule has 1 heterocycles. The molecule has 0 saturated carbocycles. The van der Waals surface area contributed by atoms with Crippen molar-refractivity contribution >= 4 is 0 Å². The van der Waals surface area contributed by atoms with Crippen LogP contribution in [0.3, 0.4) is 0 Å². The lowest BCUT2D eigenvalue weighted by Gasteiger charge is -1.89. The molecule has 1 aromatic heterocycles. The summed E-state index contributed by atoms with van der Waals surface area (Å²) in [6.07, 6.45) is 0.667. The fraction of sp³-hybridized carbons (Fsp3) is 0.667. The minimum atomic E-state index is 0.292. The van der Waals surface area contributed by atoms with E-state index in [-0.39, 0.29) is 0 Å². The average Bonchev–Trinajstić information content (AvgIpc) is 2.48. The molecule has 1 aromatic rings. The SMILES string of the molecule is COCCc1noc(CN)n1. The Kier molecular flexibility index (Phi) is 3.00. The Morgan fingerprint density at radius 2 is 2.45 bits per heavy atom. The monoisotopic (exact) mass is 157 g/mol. The van der Waals surface area contributed by atoms with E-state index in [0.29, 0.717) is 31.3 Å². The molecule has 0 radical (unpaired) electrons. The molecule has 0 fully saturated rings. The number of ether oxygens (including phenoxy) is 1. The number of methoxy groups -OCH3 is 1. The molecule has 11 heavy (non-hydrogen) atoms. The Morgan fingerprint density at radius 1 is 1.64 bits per heavy atom. The Labute approximate surface area is 64.5 Å². The van der Waals surface area contributed by atoms with Crippen LogP contribution in [0.2, 0.25) is 0 Å². The first-order valence-corrected chi connectivity index (χ1v) is 3.37.